The summed E-state index contributed by atoms with van der Waals surface area (Å²) in [6.45, 7) is 5.92. The zero-order valence-electron chi connectivity index (χ0n) is 6.14. The van der Waals surface area contributed by atoms with E-state index in [9.17, 15) is 8.76 Å². The van der Waals surface area contributed by atoms with Gasteiger partial charge in [0.15, 0.2) is 0 Å². The van der Waals surface area contributed by atoms with Crippen molar-refractivity contribution >= 4 is 7.68 Å². The molecule has 56 valence electrons. The Labute approximate surface area is 55.0 Å². The van der Waals surface area contributed by atoms with Crippen LogP contribution in [-0.2, 0) is 9.09 Å². The molecule has 0 N–H and O–H groups in total. The lowest BCUT2D eigenvalue weighted by Crippen LogP contribution is -2.15. The van der Waals surface area contributed by atoms with Gasteiger partial charge in [0.1, 0.15) is 0 Å². The van der Waals surface area contributed by atoms with E-state index in [1.165, 1.54) is 0 Å². The molecule has 1 unspecified atom stereocenters. The summed E-state index contributed by atoms with van der Waals surface area (Å²) in [5, 5.41) is 0. The predicted octanol–water partition coefficient (Wildman–Crippen LogP) is 2.59. The Morgan fingerprint density at radius 2 is 1.78 bits per heavy atom. The van der Waals surface area contributed by atoms with Gasteiger partial charge in [-0.1, -0.05) is 0 Å². The summed E-state index contributed by atoms with van der Waals surface area (Å²) in [6.07, 6.45) is 0. The minimum atomic E-state index is -3.79. The van der Waals surface area contributed by atoms with Crippen molar-refractivity contribution in [3.05, 3.63) is 0 Å². The molecule has 0 saturated carbocycles. The molecule has 0 aliphatic rings. The third-order valence-corrected chi connectivity index (χ3v) is 1.31. The second-order valence-corrected chi connectivity index (χ2v) is 4.63. The van der Waals surface area contributed by atoms with E-state index >= 15 is 0 Å². The first-order chi connectivity index (χ1) is 3.71. The van der Waals surface area contributed by atoms with Crippen LogP contribution < -0.4 is 0 Å². The maximum atomic E-state index is 12.2. The van der Waals surface area contributed by atoms with Crippen LogP contribution in [0, 0.1) is 0 Å². The Morgan fingerprint density at radius 1 is 1.44 bits per heavy atom. The highest BCUT2D eigenvalue weighted by Gasteiger charge is 2.22. The van der Waals surface area contributed by atoms with Crippen LogP contribution >= 0.6 is 7.68 Å². The molecule has 0 aliphatic heterocycles. The van der Waals surface area contributed by atoms with E-state index in [-0.39, 0.29) is 0 Å². The molecular formula is C5H12FO2P. The van der Waals surface area contributed by atoms with Crippen LogP contribution in [0.5, 0.6) is 0 Å². The topological polar surface area (TPSA) is 26.3 Å². The molecule has 0 aromatic heterocycles. The maximum absolute atomic E-state index is 12.2. The van der Waals surface area contributed by atoms with E-state index in [0.717, 1.165) is 6.66 Å². The van der Waals surface area contributed by atoms with Crippen LogP contribution in [0.2, 0.25) is 0 Å². The molecule has 9 heavy (non-hydrogen) atoms. The molecule has 0 aromatic carbocycles. The number of hydrogen-bond donors (Lipinski definition) is 0. The molecule has 0 radical (unpaired) electrons. The monoisotopic (exact) mass is 154 g/mol. The van der Waals surface area contributed by atoms with E-state index in [0.29, 0.717) is 0 Å². The molecular weight excluding hydrogens is 142 g/mol. The Kier molecular flexibility index (Phi) is 2.42. The molecule has 0 spiro atoms. The average molecular weight is 154 g/mol. The van der Waals surface area contributed by atoms with E-state index in [4.69, 9.17) is 0 Å². The van der Waals surface area contributed by atoms with Crippen LogP contribution in [0.3, 0.4) is 0 Å². The van der Waals surface area contributed by atoms with Gasteiger partial charge in [-0.2, -0.15) is 4.20 Å². The molecule has 0 rings (SSSR count). The van der Waals surface area contributed by atoms with Gasteiger partial charge in [-0.25, -0.2) is 0 Å². The van der Waals surface area contributed by atoms with Crippen LogP contribution in [0.15, 0.2) is 0 Å². The molecule has 0 aliphatic carbocycles. The minimum absolute atomic E-state index is 0.654. The van der Waals surface area contributed by atoms with Crippen molar-refractivity contribution in [3.8, 4) is 0 Å². The lowest BCUT2D eigenvalue weighted by atomic mass is 10.2. The number of rotatable bonds is 1. The molecule has 2 nitrogen and oxygen atoms in total. The first-order valence-electron chi connectivity index (χ1n) is 2.69. The minimum Gasteiger partial charge on any atom is -0.300 e. The third-order valence-electron chi connectivity index (χ3n) is 0.437. The number of halogens is 1. The molecule has 0 bridgehead atoms. The maximum Gasteiger partial charge on any atom is 0.365 e. The highest BCUT2D eigenvalue weighted by atomic mass is 31.2. The largest absolute Gasteiger partial charge is 0.365 e. The second-order valence-electron chi connectivity index (χ2n) is 2.95. The highest BCUT2D eigenvalue weighted by Crippen LogP contribution is 2.47. The fourth-order valence-corrected chi connectivity index (χ4v) is 1.47. The fourth-order valence-electron chi connectivity index (χ4n) is 0.489. The van der Waals surface area contributed by atoms with Crippen molar-refractivity contribution in [3.63, 3.8) is 0 Å². The molecule has 0 fully saturated rings. The van der Waals surface area contributed by atoms with Crippen molar-refractivity contribution in [1.29, 1.82) is 0 Å². The van der Waals surface area contributed by atoms with Crippen LogP contribution in [-0.4, -0.2) is 12.3 Å². The lowest BCUT2D eigenvalue weighted by Gasteiger charge is -2.19. The smallest absolute Gasteiger partial charge is 0.300 e. The number of hydrogen-bond acceptors (Lipinski definition) is 2. The lowest BCUT2D eigenvalue weighted by molar-refractivity contribution is 0.124. The van der Waals surface area contributed by atoms with E-state index in [2.05, 4.69) is 4.52 Å². The normalized spacial score (nSPS) is 19.2. The zero-order chi connectivity index (χ0) is 7.71. The van der Waals surface area contributed by atoms with Gasteiger partial charge in [0, 0.05) is 6.66 Å². The van der Waals surface area contributed by atoms with Crippen LogP contribution in [0.1, 0.15) is 20.8 Å². The summed E-state index contributed by atoms with van der Waals surface area (Å²) < 4.78 is 27.1. The SMILES string of the molecule is CC(C)(C)OP(C)(=O)F. The van der Waals surface area contributed by atoms with E-state index in [1.54, 1.807) is 20.8 Å². The molecule has 0 amide bonds. The van der Waals surface area contributed by atoms with Crippen molar-refractivity contribution < 1.29 is 13.3 Å². The summed E-state index contributed by atoms with van der Waals surface area (Å²) in [6, 6.07) is 0. The van der Waals surface area contributed by atoms with E-state index < -0.39 is 13.3 Å². The quantitative estimate of drug-likeness (QED) is 0.542. The Morgan fingerprint density at radius 3 is 1.78 bits per heavy atom. The average Bonchev–Trinajstić information content (AvgIpc) is 1.14. The fraction of sp³-hybridized carbons (Fsp3) is 1.00. The Balaban J connectivity index is 3.90. The Bertz CT molecular complexity index is 132. The van der Waals surface area contributed by atoms with Gasteiger partial charge in [0.25, 0.3) is 0 Å². The standard InChI is InChI=1S/C5H12FO2P/c1-5(2,3)8-9(4,6)7/h1-4H3. The predicted molar refractivity (Wildman–Crippen MR) is 35.5 cm³/mol. The first-order valence-corrected chi connectivity index (χ1v) is 4.65. The highest BCUT2D eigenvalue weighted by molar-refractivity contribution is 7.52. The summed E-state index contributed by atoms with van der Waals surface area (Å²) in [5.41, 5.74) is -0.654. The molecule has 0 heterocycles. The van der Waals surface area contributed by atoms with Gasteiger partial charge < -0.3 is 0 Å². The summed E-state index contributed by atoms with van der Waals surface area (Å²) in [4.78, 5) is 0. The van der Waals surface area contributed by atoms with Crippen molar-refractivity contribution in [2.24, 2.45) is 0 Å². The van der Waals surface area contributed by atoms with Gasteiger partial charge in [0.05, 0.1) is 5.60 Å². The van der Waals surface area contributed by atoms with Crippen LogP contribution in [0.4, 0.5) is 4.20 Å². The van der Waals surface area contributed by atoms with Gasteiger partial charge in [-0.15, -0.1) is 0 Å². The van der Waals surface area contributed by atoms with Crippen molar-refractivity contribution in [1.82, 2.24) is 0 Å². The summed E-state index contributed by atoms with van der Waals surface area (Å²) in [5.74, 6) is 0. The van der Waals surface area contributed by atoms with Crippen molar-refractivity contribution in [2.75, 3.05) is 6.66 Å². The first kappa shape index (κ1) is 9.12. The van der Waals surface area contributed by atoms with Gasteiger partial charge >= 0.3 is 7.68 Å². The molecule has 0 aromatic rings. The van der Waals surface area contributed by atoms with Crippen LogP contribution in [0.25, 0.3) is 0 Å². The Hall–Kier alpha value is 0.120. The molecule has 1 atom stereocenters. The summed E-state index contributed by atoms with van der Waals surface area (Å²) >= 11 is 0. The van der Waals surface area contributed by atoms with E-state index in [1.807, 2.05) is 0 Å². The second kappa shape index (κ2) is 2.39. The molecule has 4 heteroatoms. The zero-order valence-corrected chi connectivity index (χ0v) is 7.04. The van der Waals surface area contributed by atoms with Gasteiger partial charge in [-0.3, -0.25) is 9.09 Å². The summed E-state index contributed by atoms with van der Waals surface area (Å²) in [7, 11) is -3.79. The van der Waals surface area contributed by atoms with Gasteiger partial charge in [-0.05, 0) is 20.8 Å². The third kappa shape index (κ3) is 8.12. The van der Waals surface area contributed by atoms with Gasteiger partial charge in [0.2, 0.25) is 0 Å². The molecule has 0 saturated heterocycles. The van der Waals surface area contributed by atoms with Crippen molar-refractivity contribution in [2.45, 2.75) is 26.4 Å².